The van der Waals surface area contributed by atoms with Crippen LogP contribution >= 0.6 is 0 Å². The summed E-state index contributed by atoms with van der Waals surface area (Å²) >= 11 is 0. The summed E-state index contributed by atoms with van der Waals surface area (Å²) < 4.78 is 63.2. The van der Waals surface area contributed by atoms with E-state index in [-0.39, 0.29) is 16.3 Å². The van der Waals surface area contributed by atoms with E-state index in [4.69, 9.17) is 0 Å². The molecular weight excluding hydrogens is 345 g/mol. The summed E-state index contributed by atoms with van der Waals surface area (Å²) in [6.07, 6.45) is -4.99. The average molecular weight is 358 g/mol. The van der Waals surface area contributed by atoms with E-state index in [1.165, 1.54) is 24.3 Å². The van der Waals surface area contributed by atoms with Gasteiger partial charge in [0.2, 0.25) is 0 Å². The smallest absolute Gasteiger partial charge is 0.318 e. The molecule has 9 heteroatoms. The SMILES string of the molecule is Cc1cccc(S(=O)(=O)Nc2ccc(NC(=O)C(F)(F)F)cc2)c1. The van der Waals surface area contributed by atoms with Crippen molar-refractivity contribution in [3.63, 3.8) is 0 Å². The van der Waals surface area contributed by atoms with E-state index in [1.54, 1.807) is 24.4 Å². The molecule has 0 aromatic heterocycles. The van der Waals surface area contributed by atoms with Gasteiger partial charge < -0.3 is 5.32 Å². The number of rotatable bonds is 4. The van der Waals surface area contributed by atoms with E-state index in [1.807, 2.05) is 0 Å². The number of sulfonamides is 1. The number of alkyl halides is 3. The summed E-state index contributed by atoms with van der Waals surface area (Å²) in [5.41, 5.74) is 0.820. The van der Waals surface area contributed by atoms with Crippen molar-refractivity contribution in [3.8, 4) is 0 Å². The van der Waals surface area contributed by atoms with Crippen LogP contribution < -0.4 is 10.0 Å². The van der Waals surface area contributed by atoms with Crippen molar-refractivity contribution >= 4 is 27.3 Å². The lowest BCUT2D eigenvalue weighted by Crippen LogP contribution is -2.29. The fourth-order valence-electron chi connectivity index (χ4n) is 1.82. The Bertz CT molecular complexity index is 847. The molecule has 2 rings (SSSR count). The summed E-state index contributed by atoms with van der Waals surface area (Å²) in [6.45, 7) is 1.75. The number of halogens is 3. The van der Waals surface area contributed by atoms with Crippen LogP contribution in [-0.2, 0) is 14.8 Å². The van der Waals surface area contributed by atoms with Gasteiger partial charge in [0.15, 0.2) is 0 Å². The second-order valence-corrected chi connectivity index (χ2v) is 6.63. The number of nitrogens with one attached hydrogen (secondary N) is 2. The van der Waals surface area contributed by atoms with Gasteiger partial charge in [0, 0.05) is 11.4 Å². The Morgan fingerprint density at radius 1 is 1.00 bits per heavy atom. The number of aryl methyl sites for hydroxylation is 1. The molecule has 0 radical (unpaired) electrons. The van der Waals surface area contributed by atoms with Gasteiger partial charge in [0.1, 0.15) is 0 Å². The topological polar surface area (TPSA) is 75.3 Å². The zero-order valence-electron chi connectivity index (χ0n) is 12.4. The predicted molar refractivity (Wildman–Crippen MR) is 83.1 cm³/mol. The molecule has 0 atom stereocenters. The molecule has 0 unspecified atom stereocenters. The Hall–Kier alpha value is -2.55. The summed E-state index contributed by atoms with van der Waals surface area (Å²) in [6, 6.07) is 11.1. The highest BCUT2D eigenvalue weighted by Crippen LogP contribution is 2.21. The van der Waals surface area contributed by atoms with Gasteiger partial charge in [-0.25, -0.2) is 8.42 Å². The largest absolute Gasteiger partial charge is 0.471 e. The molecule has 0 aliphatic rings. The lowest BCUT2D eigenvalue weighted by Gasteiger charge is -2.11. The first-order chi connectivity index (χ1) is 11.1. The van der Waals surface area contributed by atoms with E-state index in [0.29, 0.717) is 0 Å². The normalized spacial score (nSPS) is 11.8. The van der Waals surface area contributed by atoms with Gasteiger partial charge in [0.25, 0.3) is 10.0 Å². The number of hydrogen-bond acceptors (Lipinski definition) is 3. The highest BCUT2D eigenvalue weighted by atomic mass is 32.2. The van der Waals surface area contributed by atoms with Gasteiger partial charge >= 0.3 is 12.1 Å². The molecular formula is C15H13F3N2O3S. The van der Waals surface area contributed by atoms with Crippen LogP contribution in [0.2, 0.25) is 0 Å². The minimum Gasteiger partial charge on any atom is -0.318 e. The zero-order valence-corrected chi connectivity index (χ0v) is 13.2. The average Bonchev–Trinajstić information content (AvgIpc) is 2.48. The predicted octanol–water partition coefficient (Wildman–Crippen LogP) is 3.30. The maximum absolute atomic E-state index is 12.2. The van der Waals surface area contributed by atoms with Crippen LogP contribution in [0, 0.1) is 6.92 Å². The third-order valence-electron chi connectivity index (χ3n) is 2.95. The van der Waals surface area contributed by atoms with E-state index in [0.717, 1.165) is 17.7 Å². The molecule has 0 spiro atoms. The van der Waals surface area contributed by atoms with Crippen molar-refractivity contribution in [1.82, 2.24) is 0 Å². The highest BCUT2D eigenvalue weighted by molar-refractivity contribution is 7.92. The number of carbonyl (C=O) groups excluding carboxylic acids is 1. The molecule has 24 heavy (non-hydrogen) atoms. The van der Waals surface area contributed by atoms with Gasteiger partial charge in [0.05, 0.1) is 4.90 Å². The van der Waals surface area contributed by atoms with Crippen LogP contribution in [0.15, 0.2) is 53.4 Å². The maximum Gasteiger partial charge on any atom is 0.471 e. The van der Waals surface area contributed by atoms with Crippen molar-refractivity contribution < 1.29 is 26.4 Å². The Morgan fingerprint density at radius 2 is 1.58 bits per heavy atom. The lowest BCUT2D eigenvalue weighted by atomic mass is 10.2. The fraction of sp³-hybridized carbons (Fsp3) is 0.133. The molecule has 0 saturated carbocycles. The monoisotopic (exact) mass is 358 g/mol. The summed E-state index contributed by atoms with van der Waals surface area (Å²) in [4.78, 5) is 10.9. The van der Waals surface area contributed by atoms with E-state index < -0.39 is 22.1 Å². The standard InChI is InChI=1S/C15H13F3N2O3S/c1-10-3-2-4-13(9-10)24(22,23)20-12-7-5-11(6-8-12)19-14(21)15(16,17)18/h2-9,20H,1H3,(H,19,21). The van der Waals surface area contributed by atoms with Crippen molar-refractivity contribution in [2.75, 3.05) is 10.0 Å². The van der Waals surface area contributed by atoms with Crippen LogP contribution in [0.3, 0.4) is 0 Å². The van der Waals surface area contributed by atoms with Crippen LogP contribution in [0.1, 0.15) is 5.56 Å². The minimum absolute atomic E-state index is 0.0666. The van der Waals surface area contributed by atoms with Gasteiger partial charge in [-0.15, -0.1) is 0 Å². The van der Waals surface area contributed by atoms with Crippen LogP contribution in [0.5, 0.6) is 0 Å². The van der Waals surface area contributed by atoms with Crippen molar-refractivity contribution in [2.45, 2.75) is 18.0 Å². The number of amides is 1. The summed E-state index contributed by atoms with van der Waals surface area (Å²) in [7, 11) is -3.81. The van der Waals surface area contributed by atoms with Crippen LogP contribution in [0.25, 0.3) is 0 Å². The molecule has 0 aliphatic carbocycles. The van der Waals surface area contributed by atoms with E-state index >= 15 is 0 Å². The van der Waals surface area contributed by atoms with Crippen molar-refractivity contribution in [2.24, 2.45) is 0 Å². The van der Waals surface area contributed by atoms with Gasteiger partial charge in [-0.05, 0) is 48.9 Å². The quantitative estimate of drug-likeness (QED) is 0.881. The molecule has 5 nitrogen and oxygen atoms in total. The Balaban J connectivity index is 2.13. The van der Waals surface area contributed by atoms with Gasteiger partial charge in [-0.1, -0.05) is 12.1 Å². The second kappa shape index (κ2) is 6.52. The van der Waals surface area contributed by atoms with E-state index in [2.05, 4.69) is 4.72 Å². The first-order valence-electron chi connectivity index (χ1n) is 6.66. The molecule has 128 valence electrons. The van der Waals surface area contributed by atoms with Gasteiger partial charge in [-0.3, -0.25) is 9.52 Å². The lowest BCUT2D eigenvalue weighted by molar-refractivity contribution is -0.167. The number of hydrogen-bond donors (Lipinski definition) is 2. The first-order valence-corrected chi connectivity index (χ1v) is 8.14. The zero-order chi connectivity index (χ0) is 18.0. The number of carbonyl (C=O) groups is 1. The first kappa shape index (κ1) is 17.8. The summed E-state index contributed by atoms with van der Waals surface area (Å²) in [5, 5.41) is 1.67. The van der Waals surface area contributed by atoms with Crippen LogP contribution in [0.4, 0.5) is 24.5 Å². The molecule has 0 aliphatic heterocycles. The molecule has 2 aromatic rings. The molecule has 1 amide bonds. The Morgan fingerprint density at radius 3 is 2.12 bits per heavy atom. The minimum atomic E-state index is -4.99. The maximum atomic E-state index is 12.2. The van der Waals surface area contributed by atoms with E-state index in [9.17, 15) is 26.4 Å². The van der Waals surface area contributed by atoms with Gasteiger partial charge in [-0.2, -0.15) is 13.2 Å². The molecule has 0 bridgehead atoms. The summed E-state index contributed by atoms with van der Waals surface area (Å²) in [5.74, 6) is -2.10. The fourth-order valence-corrected chi connectivity index (χ4v) is 2.98. The molecule has 0 saturated heterocycles. The van der Waals surface area contributed by atoms with Crippen molar-refractivity contribution in [1.29, 1.82) is 0 Å². The highest BCUT2D eigenvalue weighted by Gasteiger charge is 2.38. The third kappa shape index (κ3) is 4.48. The molecule has 0 heterocycles. The number of anilines is 2. The Kier molecular flexibility index (Phi) is 4.83. The second-order valence-electron chi connectivity index (χ2n) is 4.95. The third-order valence-corrected chi connectivity index (χ3v) is 4.33. The molecule has 0 fully saturated rings. The molecule has 2 N–H and O–H groups in total. The van der Waals surface area contributed by atoms with Crippen LogP contribution in [-0.4, -0.2) is 20.5 Å². The number of benzene rings is 2. The Labute approximate surface area is 136 Å². The van der Waals surface area contributed by atoms with Crippen molar-refractivity contribution in [3.05, 3.63) is 54.1 Å². The molecule has 2 aromatic carbocycles.